The van der Waals surface area contributed by atoms with Crippen LogP contribution in [0.25, 0.3) is 33.5 Å². The molecule has 0 aliphatic rings. The maximum Gasteiger partial charge on any atom is 0.220 e. The lowest BCUT2D eigenvalue weighted by Gasteiger charge is -2.15. The van der Waals surface area contributed by atoms with Gasteiger partial charge in [0, 0.05) is 41.3 Å². The summed E-state index contributed by atoms with van der Waals surface area (Å²) >= 11 is 6.23. The molecule has 0 aromatic carbocycles. The Balaban J connectivity index is 1.97. The molecule has 0 unspecified atom stereocenters. The molecule has 0 atom stereocenters. The Hall–Kier alpha value is -3.44. The smallest absolute Gasteiger partial charge is 0.220 e. The first-order valence-electron chi connectivity index (χ1n) is 8.12. The van der Waals surface area contributed by atoms with Crippen LogP contribution in [0.2, 0.25) is 5.02 Å². The van der Waals surface area contributed by atoms with E-state index >= 15 is 0 Å². The van der Waals surface area contributed by atoms with Gasteiger partial charge >= 0.3 is 0 Å². The molecular formula is C18H15ClN8. The standard InChI is InChI=1S/C18H15ClN8/c1-18(2,9-20)27-8-12(14-3-4-22-17(21)25-14)15(26-27)10-5-11-13(19)7-24-16(11)23-6-10/h3-8H,1-2H3,(H,23,24)(H2,21,22,25). The summed E-state index contributed by atoms with van der Waals surface area (Å²) in [5, 5.41) is 15.5. The van der Waals surface area contributed by atoms with E-state index < -0.39 is 5.54 Å². The van der Waals surface area contributed by atoms with Gasteiger partial charge in [-0.1, -0.05) is 11.6 Å². The number of aromatic amines is 1. The molecule has 4 aromatic heterocycles. The number of hydrogen-bond donors (Lipinski definition) is 2. The van der Waals surface area contributed by atoms with Crippen LogP contribution in [-0.2, 0) is 5.54 Å². The van der Waals surface area contributed by atoms with Crippen molar-refractivity contribution in [3.63, 3.8) is 0 Å². The number of hydrogen-bond acceptors (Lipinski definition) is 6. The molecular weight excluding hydrogens is 364 g/mol. The predicted molar refractivity (Wildman–Crippen MR) is 103 cm³/mol. The quantitative estimate of drug-likeness (QED) is 0.563. The highest BCUT2D eigenvalue weighted by Crippen LogP contribution is 2.34. The molecule has 0 aliphatic heterocycles. The number of nitriles is 1. The summed E-state index contributed by atoms with van der Waals surface area (Å²) in [5.74, 6) is 0.160. The Morgan fingerprint density at radius 3 is 2.89 bits per heavy atom. The topological polar surface area (TPSA) is 122 Å². The lowest BCUT2D eigenvalue weighted by molar-refractivity contribution is 0.420. The normalized spacial score (nSPS) is 11.6. The molecule has 0 fully saturated rings. The third-order valence-electron chi connectivity index (χ3n) is 4.26. The number of pyridine rings is 1. The van der Waals surface area contributed by atoms with Crippen LogP contribution in [0, 0.1) is 11.3 Å². The molecule has 9 heteroatoms. The van der Waals surface area contributed by atoms with Crippen LogP contribution in [0.4, 0.5) is 5.95 Å². The first-order valence-corrected chi connectivity index (χ1v) is 8.50. The lowest BCUT2D eigenvalue weighted by Crippen LogP contribution is -2.24. The molecule has 4 rings (SSSR count). The fourth-order valence-corrected chi connectivity index (χ4v) is 2.94. The minimum absolute atomic E-state index is 0.160. The van der Waals surface area contributed by atoms with Gasteiger partial charge in [-0.15, -0.1) is 0 Å². The van der Waals surface area contributed by atoms with Gasteiger partial charge in [-0.25, -0.2) is 15.0 Å². The molecule has 27 heavy (non-hydrogen) atoms. The number of nitrogen functional groups attached to an aromatic ring is 1. The molecule has 8 nitrogen and oxygen atoms in total. The van der Waals surface area contributed by atoms with E-state index in [0.717, 1.165) is 16.5 Å². The second kappa shape index (κ2) is 6.07. The van der Waals surface area contributed by atoms with E-state index in [-0.39, 0.29) is 5.95 Å². The van der Waals surface area contributed by atoms with Crippen molar-refractivity contribution in [3.05, 3.63) is 41.9 Å². The van der Waals surface area contributed by atoms with Crippen LogP contribution in [0.15, 0.2) is 36.9 Å². The number of H-pyrrole nitrogens is 1. The van der Waals surface area contributed by atoms with E-state index in [1.807, 2.05) is 6.07 Å². The molecule has 134 valence electrons. The summed E-state index contributed by atoms with van der Waals surface area (Å²) in [5.41, 5.74) is 8.31. The molecule has 0 spiro atoms. The number of fused-ring (bicyclic) bond motifs is 1. The Morgan fingerprint density at radius 1 is 1.33 bits per heavy atom. The summed E-state index contributed by atoms with van der Waals surface area (Å²) in [6, 6.07) is 5.90. The second-order valence-corrected chi connectivity index (χ2v) is 6.97. The molecule has 0 bridgehead atoms. The molecule has 0 aliphatic carbocycles. The van der Waals surface area contributed by atoms with E-state index in [1.165, 1.54) is 0 Å². The van der Waals surface area contributed by atoms with E-state index in [2.05, 4.69) is 31.1 Å². The van der Waals surface area contributed by atoms with Gasteiger partial charge < -0.3 is 10.7 Å². The summed E-state index contributed by atoms with van der Waals surface area (Å²) < 4.78 is 1.61. The minimum atomic E-state index is -0.838. The van der Waals surface area contributed by atoms with Gasteiger partial charge in [-0.2, -0.15) is 10.4 Å². The van der Waals surface area contributed by atoms with Crippen molar-refractivity contribution in [1.29, 1.82) is 5.26 Å². The maximum atomic E-state index is 9.49. The first-order chi connectivity index (χ1) is 12.9. The fourth-order valence-electron chi connectivity index (χ4n) is 2.74. The van der Waals surface area contributed by atoms with Crippen LogP contribution in [0.5, 0.6) is 0 Å². The Kier molecular flexibility index (Phi) is 3.82. The summed E-state index contributed by atoms with van der Waals surface area (Å²) in [6.07, 6.45) is 6.75. The average molecular weight is 379 g/mol. The molecule has 0 radical (unpaired) electrons. The Bertz CT molecular complexity index is 1200. The van der Waals surface area contributed by atoms with Crippen molar-refractivity contribution < 1.29 is 0 Å². The number of anilines is 1. The van der Waals surface area contributed by atoms with Crippen molar-refractivity contribution >= 4 is 28.6 Å². The molecule has 0 amide bonds. The SMILES string of the molecule is CC(C)(C#N)n1cc(-c2ccnc(N)n2)c(-c2cnc3[nH]cc(Cl)c3c2)n1. The third-order valence-corrected chi connectivity index (χ3v) is 4.58. The summed E-state index contributed by atoms with van der Waals surface area (Å²) in [4.78, 5) is 15.7. The second-order valence-electron chi connectivity index (χ2n) is 6.56. The predicted octanol–water partition coefficient (Wildman–Crippen LogP) is 3.38. The highest BCUT2D eigenvalue weighted by atomic mass is 35.5. The van der Waals surface area contributed by atoms with Gasteiger partial charge in [0.1, 0.15) is 16.9 Å². The summed E-state index contributed by atoms with van der Waals surface area (Å²) in [6.45, 7) is 3.57. The van der Waals surface area contributed by atoms with E-state index in [1.54, 1.807) is 49.4 Å². The molecule has 0 saturated heterocycles. The van der Waals surface area contributed by atoms with Crippen LogP contribution in [0.3, 0.4) is 0 Å². The molecule has 0 saturated carbocycles. The van der Waals surface area contributed by atoms with Gasteiger partial charge in [0.25, 0.3) is 0 Å². The lowest BCUT2D eigenvalue weighted by atomic mass is 10.1. The number of nitrogens with zero attached hydrogens (tertiary/aromatic N) is 6. The highest BCUT2D eigenvalue weighted by molar-refractivity contribution is 6.35. The van der Waals surface area contributed by atoms with Crippen LogP contribution in [0.1, 0.15) is 13.8 Å². The van der Waals surface area contributed by atoms with Crippen molar-refractivity contribution in [2.75, 3.05) is 5.73 Å². The Labute approximate surface area is 159 Å². The largest absolute Gasteiger partial charge is 0.368 e. The van der Waals surface area contributed by atoms with E-state index in [9.17, 15) is 5.26 Å². The van der Waals surface area contributed by atoms with E-state index in [0.29, 0.717) is 22.1 Å². The van der Waals surface area contributed by atoms with Gasteiger partial charge in [-0.05, 0) is 26.0 Å². The zero-order valence-corrected chi connectivity index (χ0v) is 15.4. The number of aromatic nitrogens is 6. The Morgan fingerprint density at radius 2 is 2.15 bits per heavy atom. The van der Waals surface area contributed by atoms with Crippen molar-refractivity contribution in [3.8, 4) is 28.6 Å². The van der Waals surface area contributed by atoms with Gasteiger partial charge in [0.15, 0.2) is 0 Å². The third kappa shape index (κ3) is 2.88. The number of halogens is 1. The highest BCUT2D eigenvalue weighted by Gasteiger charge is 2.25. The zero-order chi connectivity index (χ0) is 19.2. The average Bonchev–Trinajstić information content (AvgIpc) is 3.26. The van der Waals surface area contributed by atoms with Crippen LogP contribution in [-0.4, -0.2) is 29.7 Å². The minimum Gasteiger partial charge on any atom is -0.368 e. The molecule has 4 heterocycles. The van der Waals surface area contributed by atoms with E-state index in [4.69, 9.17) is 17.3 Å². The maximum absolute atomic E-state index is 9.49. The van der Waals surface area contributed by atoms with Crippen LogP contribution >= 0.6 is 11.6 Å². The first kappa shape index (κ1) is 17.0. The number of nitrogens with one attached hydrogen (secondary N) is 1. The van der Waals surface area contributed by atoms with Gasteiger partial charge in [-0.3, -0.25) is 4.68 Å². The number of rotatable bonds is 3. The van der Waals surface area contributed by atoms with Gasteiger partial charge in [0.2, 0.25) is 5.95 Å². The zero-order valence-electron chi connectivity index (χ0n) is 14.6. The fraction of sp³-hybridized carbons (Fsp3) is 0.167. The molecule has 3 N–H and O–H groups in total. The summed E-state index contributed by atoms with van der Waals surface area (Å²) in [7, 11) is 0. The monoisotopic (exact) mass is 378 g/mol. The van der Waals surface area contributed by atoms with Gasteiger partial charge in [0.05, 0.1) is 16.8 Å². The van der Waals surface area contributed by atoms with Crippen molar-refractivity contribution in [2.45, 2.75) is 19.4 Å². The number of nitrogens with two attached hydrogens (primary N) is 1. The molecule has 4 aromatic rings. The van der Waals surface area contributed by atoms with Crippen LogP contribution < -0.4 is 5.73 Å². The van der Waals surface area contributed by atoms with Crippen molar-refractivity contribution in [2.24, 2.45) is 0 Å². The van der Waals surface area contributed by atoms with Crippen molar-refractivity contribution in [1.82, 2.24) is 29.7 Å².